The lowest BCUT2D eigenvalue weighted by Gasteiger charge is -2.22. The summed E-state index contributed by atoms with van der Waals surface area (Å²) in [6.07, 6.45) is 0. The van der Waals surface area contributed by atoms with Crippen LogP contribution in [-0.4, -0.2) is 26.4 Å². The highest BCUT2D eigenvalue weighted by atomic mass is 32.2. The van der Waals surface area contributed by atoms with Gasteiger partial charge in [0.2, 0.25) is 5.91 Å². The fourth-order valence-electron chi connectivity index (χ4n) is 3.83. The summed E-state index contributed by atoms with van der Waals surface area (Å²) < 4.78 is 38.2. The quantitative estimate of drug-likeness (QED) is 0.473. The molecule has 0 radical (unpaired) electrons. The number of nitrogens with zero attached hydrogens (tertiary/aromatic N) is 1. The molecule has 8 nitrogen and oxygen atoms in total. The standard InChI is InChI=1S/C24H22N2O6S/c1-14-11-23(15(2)32-14)33(29,30)26(16(3)27)18-9-10-19(22(13-18)31-4)20-12-17-7-5-6-8-21(17)25-24(20)28/h5-13H,1-4H3,(H,25,28). The van der Waals surface area contributed by atoms with Gasteiger partial charge in [-0.3, -0.25) is 9.59 Å². The van der Waals surface area contributed by atoms with E-state index in [1.165, 1.54) is 32.2 Å². The number of H-pyrrole nitrogens is 1. The molecule has 0 aliphatic carbocycles. The Morgan fingerprint density at radius 2 is 1.76 bits per heavy atom. The smallest absolute Gasteiger partial charge is 0.274 e. The Labute approximate surface area is 190 Å². The predicted molar refractivity (Wildman–Crippen MR) is 125 cm³/mol. The first kappa shape index (κ1) is 22.3. The van der Waals surface area contributed by atoms with Crippen molar-refractivity contribution in [2.75, 3.05) is 11.4 Å². The molecular formula is C24H22N2O6S. The molecule has 170 valence electrons. The molecule has 2 aromatic carbocycles. The molecule has 0 saturated heterocycles. The number of aryl methyl sites for hydroxylation is 2. The van der Waals surface area contributed by atoms with E-state index in [-0.39, 0.29) is 27.7 Å². The molecule has 0 spiro atoms. The Hall–Kier alpha value is -3.85. The number of rotatable bonds is 5. The predicted octanol–water partition coefficient (Wildman–Crippen LogP) is 4.16. The number of sulfonamides is 1. The summed E-state index contributed by atoms with van der Waals surface area (Å²) >= 11 is 0. The summed E-state index contributed by atoms with van der Waals surface area (Å²) in [7, 11) is -2.83. The second-order valence-corrected chi connectivity index (χ2v) is 9.31. The normalized spacial score (nSPS) is 11.5. The third-order valence-corrected chi connectivity index (χ3v) is 7.17. The minimum Gasteiger partial charge on any atom is -0.496 e. The number of carbonyl (C=O) groups excluding carboxylic acids is 1. The monoisotopic (exact) mass is 466 g/mol. The molecular weight excluding hydrogens is 444 g/mol. The summed E-state index contributed by atoms with van der Waals surface area (Å²) in [5, 5.41) is 0.831. The molecule has 0 unspecified atom stereocenters. The first-order valence-electron chi connectivity index (χ1n) is 10.1. The van der Waals surface area contributed by atoms with E-state index in [1.54, 1.807) is 25.1 Å². The number of hydrogen-bond donors (Lipinski definition) is 1. The van der Waals surface area contributed by atoms with Gasteiger partial charge in [0.05, 0.1) is 18.4 Å². The number of carbonyl (C=O) groups is 1. The largest absolute Gasteiger partial charge is 0.496 e. The minimum atomic E-state index is -4.24. The minimum absolute atomic E-state index is 0.0820. The number of benzene rings is 2. The molecule has 1 amide bonds. The van der Waals surface area contributed by atoms with E-state index in [0.717, 1.165) is 12.3 Å². The Balaban J connectivity index is 1.86. The van der Waals surface area contributed by atoms with E-state index < -0.39 is 15.9 Å². The third kappa shape index (κ3) is 3.91. The van der Waals surface area contributed by atoms with Crippen LogP contribution in [-0.2, 0) is 14.8 Å². The summed E-state index contributed by atoms with van der Waals surface area (Å²) in [4.78, 5) is 27.9. The Morgan fingerprint density at radius 3 is 2.39 bits per heavy atom. The zero-order valence-electron chi connectivity index (χ0n) is 18.5. The van der Waals surface area contributed by atoms with Crippen molar-refractivity contribution < 1.29 is 22.4 Å². The second kappa shape index (κ2) is 8.25. The number of para-hydroxylation sites is 1. The van der Waals surface area contributed by atoms with Gasteiger partial charge in [-0.1, -0.05) is 18.2 Å². The van der Waals surface area contributed by atoms with Crippen molar-refractivity contribution in [3.05, 3.63) is 76.5 Å². The fraction of sp³-hybridized carbons (Fsp3) is 0.167. The second-order valence-electron chi connectivity index (χ2n) is 7.55. The van der Waals surface area contributed by atoms with Gasteiger partial charge in [-0.15, -0.1) is 0 Å². The van der Waals surface area contributed by atoms with Gasteiger partial charge in [0.1, 0.15) is 22.2 Å². The van der Waals surface area contributed by atoms with Crippen LogP contribution in [0.4, 0.5) is 5.69 Å². The SMILES string of the molecule is COc1cc(N(C(C)=O)S(=O)(=O)c2cc(C)oc2C)ccc1-c1cc2ccccc2[nH]c1=O. The van der Waals surface area contributed by atoms with E-state index in [4.69, 9.17) is 9.15 Å². The Kier molecular flexibility index (Phi) is 5.59. The first-order valence-corrected chi connectivity index (χ1v) is 11.5. The Bertz CT molecular complexity index is 1550. The topological polar surface area (TPSA) is 110 Å². The molecule has 9 heteroatoms. The van der Waals surface area contributed by atoms with Crippen LogP contribution in [0.5, 0.6) is 5.75 Å². The van der Waals surface area contributed by atoms with Crippen molar-refractivity contribution in [2.45, 2.75) is 25.7 Å². The third-order valence-electron chi connectivity index (χ3n) is 5.26. The van der Waals surface area contributed by atoms with E-state index in [2.05, 4.69) is 4.98 Å². The molecule has 0 bridgehead atoms. The zero-order valence-corrected chi connectivity index (χ0v) is 19.3. The number of furan rings is 1. The molecule has 0 atom stereocenters. The van der Waals surface area contributed by atoms with E-state index >= 15 is 0 Å². The molecule has 4 aromatic rings. The lowest BCUT2D eigenvalue weighted by Crippen LogP contribution is -2.35. The molecule has 33 heavy (non-hydrogen) atoms. The molecule has 0 aliphatic rings. The van der Waals surface area contributed by atoms with Gasteiger partial charge in [-0.2, -0.15) is 0 Å². The van der Waals surface area contributed by atoms with Crippen LogP contribution in [0.15, 0.2) is 68.7 Å². The van der Waals surface area contributed by atoms with Crippen molar-refractivity contribution in [1.29, 1.82) is 0 Å². The van der Waals surface area contributed by atoms with Crippen molar-refractivity contribution in [2.24, 2.45) is 0 Å². The number of aromatic amines is 1. The molecule has 0 saturated carbocycles. The number of nitrogens with one attached hydrogen (secondary N) is 1. The zero-order chi connectivity index (χ0) is 23.9. The number of pyridine rings is 1. The van der Waals surface area contributed by atoms with Gasteiger partial charge in [-0.05, 0) is 43.5 Å². The number of methoxy groups -OCH3 is 1. The van der Waals surface area contributed by atoms with Crippen LogP contribution >= 0.6 is 0 Å². The number of anilines is 1. The van der Waals surface area contributed by atoms with E-state index in [0.29, 0.717) is 26.7 Å². The van der Waals surface area contributed by atoms with Gasteiger partial charge >= 0.3 is 0 Å². The van der Waals surface area contributed by atoms with Crippen LogP contribution in [0.1, 0.15) is 18.4 Å². The number of hydrogen-bond acceptors (Lipinski definition) is 6. The lowest BCUT2D eigenvalue weighted by atomic mass is 10.0. The Morgan fingerprint density at radius 1 is 1.03 bits per heavy atom. The van der Waals surface area contributed by atoms with Gasteiger partial charge in [0.15, 0.2) is 0 Å². The highest BCUT2D eigenvalue weighted by Crippen LogP contribution is 2.35. The van der Waals surface area contributed by atoms with Crippen LogP contribution < -0.4 is 14.6 Å². The maximum atomic E-state index is 13.3. The summed E-state index contributed by atoms with van der Waals surface area (Å²) in [5.41, 5.74) is 1.28. The number of fused-ring (bicyclic) bond motifs is 1. The van der Waals surface area contributed by atoms with Gasteiger partial charge in [-0.25, -0.2) is 12.7 Å². The highest BCUT2D eigenvalue weighted by molar-refractivity contribution is 7.93. The van der Waals surface area contributed by atoms with E-state index in [9.17, 15) is 18.0 Å². The molecule has 0 fully saturated rings. The van der Waals surface area contributed by atoms with Crippen LogP contribution in [0.3, 0.4) is 0 Å². The molecule has 2 heterocycles. The number of ether oxygens (including phenoxy) is 1. The summed E-state index contributed by atoms with van der Waals surface area (Å²) in [6.45, 7) is 4.31. The van der Waals surface area contributed by atoms with Gasteiger partial charge in [0, 0.05) is 30.1 Å². The summed E-state index contributed by atoms with van der Waals surface area (Å²) in [5.74, 6) is 0.143. The van der Waals surface area contributed by atoms with Crippen LogP contribution in [0.2, 0.25) is 0 Å². The molecule has 4 rings (SSSR count). The van der Waals surface area contributed by atoms with E-state index in [1.807, 2.05) is 18.2 Å². The van der Waals surface area contributed by atoms with Crippen molar-refractivity contribution in [3.8, 4) is 16.9 Å². The summed E-state index contributed by atoms with van der Waals surface area (Å²) in [6, 6.07) is 14.9. The van der Waals surface area contributed by atoms with Gasteiger partial charge in [0.25, 0.3) is 15.6 Å². The average Bonchev–Trinajstić information content (AvgIpc) is 3.11. The van der Waals surface area contributed by atoms with Crippen molar-refractivity contribution >= 4 is 32.5 Å². The van der Waals surface area contributed by atoms with Crippen LogP contribution in [0, 0.1) is 13.8 Å². The molecule has 0 aliphatic heterocycles. The van der Waals surface area contributed by atoms with Crippen molar-refractivity contribution in [3.63, 3.8) is 0 Å². The highest BCUT2D eigenvalue weighted by Gasteiger charge is 2.32. The number of amides is 1. The first-order chi connectivity index (χ1) is 15.6. The lowest BCUT2D eigenvalue weighted by molar-refractivity contribution is -0.115. The van der Waals surface area contributed by atoms with Gasteiger partial charge < -0.3 is 14.1 Å². The molecule has 1 N–H and O–H groups in total. The van der Waals surface area contributed by atoms with Crippen LogP contribution in [0.25, 0.3) is 22.0 Å². The molecule has 2 aromatic heterocycles. The van der Waals surface area contributed by atoms with Crippen molar-refractivity contribution in [1.82, 2.24) is 4.98 Å². The maximum absolute atomic E-state index is 13.3. The average molecular weight is 467 g/mol. The maximum Gasteiger partial charge on any atom is 0.274 e. The fourth-order valence-corrected chi connectivity index (χ4v) is 5.47. The number of aromatic nitrogens is 1.